The van der Waals surface area contributed by atoms with Crippen LogP contribution in [0.3, 0.4) is 0 Å². The molecule has 23 heavy (non-hydrogen) atoms. The van der Waals surface area contributed by atoms with E-state index in [2.05, 4.69) is 0 Å². The number of nitrogens with zero attached hydrogens (tertiary/aromatic N) is 1. The van der Waals surface area contributed by atoms with Gasteiger partial charge in [0.15, 0.2) is 5.78 Å². The summed E-state index contributed by atoms with van der Waals surface area (Å²) in [7, 11) is 0. The zero-order valence-corrected chi connectivity index (χ0v) is 13.2. The van der Waals surface area contributed by atoms with Crippen molar-refractivity contribution in [2.45, 2.75) is 32.0 Å². The lowest BCUT2D eigenvalue weighted by Crippen LogP contribution is -2.39. The summed E-state index contributed by atoms with van der Waals surface area (Å²) in [5.41, 5.74) is -0.540. The van der Waals surface area contributed by atoms with Crippen molar-refractivity contribution < 1.29 is 19.1 Å². The summed E-state index contributed by atoms with van der Waals surface area (Å²) in [6.07, 6.45) is 3.77. The van der Waals surface area contributed by atoms with Crippen molar-refractivity contribution in [1.82, 2.24) is 0 Å². The molecule has 3 aliphatic rings. The van der Waals surface area contributed by atoms with Gasteiger partial charge in [-0.05, 0) is 32.9 Å². The van der Waals surface area contributed by atoms with Gasteiger partial charge in [0.05, 0.1) is 28.7 Å². The number of rotatable bonds is 2. The second-order valence-electron chi connectivity index (χ2n) is 6.88. The topological polar surface area (TPSA) is 63.7 Å². The lowest BCUT2D eigenvalue weighted by atomic mass is 9.73. The summed E-state index contributed by atoms with van der Waals surface area (Å²) in [5.74, 6) is -1.63. The van der Waals surface area contributed by atoms with Gasteiger partial charge in [-0.15, -0.1) is 0 Å². The van der Waals surface area contributed by atoms with E-state index >= 15 is 0 Å². The third kappa shape index (κ3) is 1.68. The molecule has 2 fully saturated rings. The lowest BCUT2D eigenvalue weighted by Gasteiger charge is -2.25. The van der Waals surface area contributed by atoms with E-state index < -0.39 is 23.0 Å². The molecule has 2 saturated heterocycles. The van der Waals surface area contributed by atoms with E-state index in [1.54, 1.807) is 24.3 Å². The Morgan fingerprint density at radius 1 is 1.09 bits per heavy atom. The molecule has 3 aliphatic heterocycles. The highest BCUT2D eigenvalue weighted by atomic mass is 16.5. The molecule has 4 atom stereocenters. The number of ether oxygens (including phenoxy) is 1. The largest absolute Gasteiger partial charge is 0.359 e. The Hall–Kier alpha value is -2.27. The van der Waals surface area contributed by atoms with Crippen LogP contribution in [-0.4, -0.2) is 28.8 Å². The van der Waals surface area contributed by atoms with Crippen LogP contribution in [0.4, 0.5) is 5.69 Å². The van der Waals surface area contributed by atoms with Crippen LogP contribution in [0, 0.1) is 11.8 Å². The number of Topliss-reactive ketones (excluding diaryl/α,β-unsaturated/α-hetero) is 1. The van der Waals surface area contributed by atoms with E-state index in [1.807, 2.05) is 26.0 Å². The first-order chi connectivity index (χ1) is 10.8. The summed E-state index contributed by atoms with van der Waals surface area (Å²) in [6, 6.07) is 6.65. The van der Waals surface area contributed by atoms with E-state index in [9.17, 15) is 14.4 Å². The standard InChI is InChI=1S/C18H17NO4/c1-10(20)11-5-4-6-12(9-11)19-15(21)13-14(16(19)22)18(3)8-7-17(13,2)23-18/h4-9,13-14H,1-3H3/t13-,14+,17-,18+. The maximum Gasteiger partial charge on any atom is 0.241 e. The molecule has 1 aromatic rings. The first-order valence-corrected chi connectivity index (χ1v) is 7.66. The van der Waals surface area contributed by atoms with Crippen molar-refractivity contribution in [3.63, 3.8) is 0 Å². The van der Waals surface area contributed by atoms with Crippen LogP contribution in [0.2, 0.25) is 0 Å². The molecule has 2 amide bonds. The quantitative estimate of drug-likeness (QED) is 0.477. The molecule has 0 aliphatic carbocycles. The molecular weight excluding hydrogens is 294 g/mol. The number of amides is 2. The molecule has 0 N–H and O–H groups in total. The van der Waals surface area contributed by atoms with Crippen molar-refractivity contribution in [3.05, 3.63) is 42.0 Å². The number of carbonyl (C=O) groups excluding carboxylic acids is 3. The number of ketones is 1. The van der Waals surface area contributed by atoms with E-state index in [4.69, 9.17) is 4.74 Å². The zero-order chi connectivity index (χ0) is 16.6. The van der Waals surface area contributed by atoms with Crippen molar-refractivity contribution in [2.75, 3.05) is 4.90 Å². The first-order valence-electron chi connectivity index (χ1n) is 7.66. The molecule has 4 rings (SSSR count). The van der Waals surface area contributed by atoms with Crippen LogP contribution >= 0.6 is 0 Å². The molecule has 0 unspecified atom stereocenters. The molecule has 118 valence electrons. The maximum absolute atomic E-state index is 12.9. The third-order valence-electron chi connectivity index (χ3n) is 5.24. The Morgan fingerprint density at radius 2 is 1.65 bits per heavy atom. The fraction of sp³-hybridized carbons (Fsp3) is 0.389. The second-order valence-corrected chi connectivity index (χ2v) is 6.88. The SMILES string of the molecule is CC(=O)c1cccc(N2C(=O)[C@@H]3[C@H](C2=O)[C@@]2(C)C=C[C@]3(C)O2)c1. The molecule has 0 radical (unpaired) electrons. The Bertz CT molecular complexity index is 762. The third-order valence-corrected chi connectivity index (χ3v) is 5.24. The van der Waals surface area contributed by atoms with Gasteiger partial charge < -0.3 is 4.74 Å². The average Bonchev–Trinajstić information content (AvgIpc) is 3.04. The van der Waals surface area contributed by atoms with Gasteiger partial charge in [0, 0.05) is 5.56 Å². The van der Waals surface area contributed by atoms with Gasteiger partial charge in [-0.2, -0.15) is 0 Å². The van der Waals surface area contributed by atoms with E-state index in [-0.39, 0.29) is 17.6 Å². The van der Waals surface area contributed by atoms with Gasteiger partial charge in [-0.25, -0.2) is 4.90 Å². The number of hydrogen-bond donors (Lipinski definition) is 0. The van der Waals surface area contributed by atoms with Crippen LogP contribution in [0.5, 0.6) is 0 Å². The van der Waals surface area contributed by atoms with Crippen molar-refractivity contribution >= 4 is 23.3 Å². The minimum absolute atomic E-state index is 0.102. The molecule has 2 bridgehead atoms. The first kappa shape index (κ1) is 14.3. The Balaban J connectivity index is 1.79. The normalized spacial score (nSPS) is 37.6. The van der Waals surface area contributed by atoms with Crippen molar-refractivity contribution in [3.8, 4) is 0 Å². The smallest absolute Gasteiger partial charge is 0.241 e. The highest BCUT2D eigenvalue weighted by molar-refractivity contribution is 6.23. The molecule has 0 aromatic heterocycles. The van der Waals surface area contributed by atoms with Crippen LogP contribution < -0.4 is 4.90 Å². The number of hydrogen-bond acceptors (Lipinski definition) is 4. The number of fused-ring (bicyclic) bond motifs is 5. The maximum atomic E-state index is 12.9. The van der Waals surface area contributed by atoms with Gasteiger partial charge in [-0.3, -0.25) is 14.4 Å². The molecule has 0 saturated carbocycles. The van der Waals surface area contributed by atoms with Crippen LogP contribution in [-0.2, 0) is 14.3 Å². The summed E-state index contributed by atoms with van der Waals surface area (Å²) < 4.78 is 5.97. The molecule has 3 heterocycles. The Kier molecular flexibility index (Phi) is 2.60. The number of anilines is 1. The summed E-state index contributed by atoms with van der Waals surface area (Å²) in [5, 5.41) is 0. The zero-order valence-electron chi connectivity index (χ0n) is 13.2. The molecule has 5 heteroatoms. The monoisotopic (exact) mass is 311 g/mol. The van der Waals surface area contributed by atoms with Crippen LogP contribution in [0.1, 0.15) is 31.1 Å². The van der Waals surface area contributed by atoms with Crippen LogP contribution in [0.25, 0.3) is 0 Å². The second kappa shape index (κ2) is 4.17. The average molecular weight is 311 g/mol. The fourth-order valence-corrected chi connectivity index (χ4v) is 4.15. The lowest BCUT2D eigenvalue weighted by molar-refractivity contribution is -0.128. The number of benzene rings is 1. The summed E-state index contributed by atoms with van der Waals surface area (Å²) in [4.78, 5) is 38.6. The fourth-order valence-electron chi connectivity index (χ4n) is 4.15. The van der Waals surface area contributed by atoms with E-state index in [0.29, 0.717) is 11.3 Å². The van der Waals surface area contributed by atoms with Gasteiger partial charge >= 0.3 is 0 Å². The van der Waals surface area contributed by atoms with Gasteiger partial charge in [0.2, 0.25) is 11.8 Å². The van der Waals surface area contributed by atoms with Crippen molar-refractivity contribution in [1.29, 1.82) is 0 Å². The highest BCUT2D eigenvalue weighted by Gasteiger charge is 2.70. The molecule has 5 nitrogen and oxygen atoms in total. The molecule has 1 aromatic carbocycles. The predicted octanol–water partition coefficient (Wildman–Crippen LogP) is 2.11. The summed E-state index contributed by atoms with van der Waals surface area (Å²) in [6.45, 7) is 5.15. The number of imide groups is 1. The van der Waals surface area contributed by atoms with E-state index in [1.165, 1.54) is 11.8 Å². The number of carbonyl (C=O) groups is 3. The van der Waals surface area contributed by atoms with E-state index in [0.717, 1.165) is 0 Å². The van der Waals surface area contributed by atoms with Gasteiger partial charge in [-0.1, -0.05) is 24.3 Å². The molecular formula is C18H17NO4. The Morgan fingerprint density at radius 3 is 2.17 bits per heavy atom. The Labute approximate surface area is 133 Å². The summed E-state index contributed by atoms with van der Waals surface area (Å²) >= 11 is 0. The molecule has 0 spiro atoms. The highest BCUT2D eigenvalue weighted by Crippen LogP contribution is 2.57. The van der Waals surface area contributed by atoms with Gasteiger partial charge in [0.25, 0.3) is 0 Å². The minimum Gasteiger partial charge on any atom is -0.359 e. The van der Waals surface area contributed by atoms with Gasteiger partial charge in [0.1, 0.15) is 0 Å². The predicted molar refractivity (Wildman–Crippen MR) is 83.0 cm³/mol. The van der Waals surface area contributed by atoms with Crippen LogP contribution in [0.15, 0.2) is 36.4 Å². The minimum atomic E-state index is -0.737. The van der Waals surface area contributed by atoms with Crippen molar-refractivity contribution in [2.24, 2.45) is 11.8 Å².